The van der Waals surface area contributed by atoms with E-state index in [1.54, 1.807) is 0 Å². The molecule has 1 saturated heterocycles. The number of carbonyl (C=O) groups is 2. The SMILES string of the molecule is O=CC(C=O)(c1ccccc1)C1CN1. The zero-order valence-corrected chi connectivity index (χ0v) is 7.64. The number of hydrogen-bond acceptors (Lipinski definition) is 3. The maximum absolute atomic E-state index is 11.1. The first-order chi connectivity index (χ1) is 6.83. The molecule has 0 amide bonds. The molecular formula is C11H11NO2. The fourth-order valence-corrected chi connectivity index (χ4v) is 1.65. The van der Waals surface area contributed by atoms with Crippen LogP contribution in [0.4, 0.5) is 0 Å². The van der Waals surface area contributed by atoms with Gasteiger partial charge in [-0.1, -0.05) is 30.3 Å². The van der Waals surface area contributed by atoms with Crippen molar-refractivity contribution < 1.29 is 9.59 Å². The molecule has 0 saturated carbocycles. The summed E-state index contributed by atoms with van der Waals surface area (Å²) in [5, 5.41) is 3.01. The molecule has 1 unspecified atom stereocenters. The van der Waals surface area contributed by atoms with E-state index in [1.165, 1.54) is 0 Å². The molecule has 1 atom stereocenters. The highest BCUT2D eigenvalue weighted by atomic mass is 16.1. The van der Waals surface area contributed by atoms with Crippen LogP contribution < -0.4 is 5.32 Å². The van der Waals surface area contributed by atoms with Crippen molar-refractivity contribution in [1.82, 2.24) is 5.32 Å². The molecule has 1 aliphatic rings. The Morgan fingerprint density at radius 3 is 2.21 bits per heavy atom. The van der Waals surface area contributed by atoms with Crippen LogP contribution in [-0.4, -0.2) is 25.2 Å². The van der Waals surface area contributed by atoms with Crippen molar-refractivity contribution in [3.63, 3.8) is 0 Å². The molecule has 1 heterocycles. The van der Waals surface area contributed by atoms with Crippen molar-refractivity contribution in [2.75, 3.05) is 6.54 Å². The number of carbonyl (C=O) groups excluding carboxylic acids is 2. The predicted octanol–water partition coefficient (Wildman–Crippen LogP) is 0.294. The van der Waals surface area contributed by atoms with Gasteiger partial charge >= 0.3 is 0 Å². The summed E-state index contributed by atoms with van der Waals surface area (Å²) >= 11 is 0. The number of nitrogens with one attached hydrogen (secondary N) is 1. The summed E-state index contributed by atoms with van der Waals surface area (Å²) in [6, 6.07) is 9.12. The highest BCUT2D eigenvalue weighted by Crippen LogP contribution is 2.28. The van der Waals surface area contributed by atoms with E-state index in [0.29, 0.717) is 0 Å². The maximum atomic E-state index is 11.1. The second kappa shape index (κ2) is 3.35. The van der Waals surface area contributed by atoms with Gasteiger partial charge in [0.2, 0.25) is 0 Å². The second-order valence-electron chi connectivity index (χ2n) is 3.50. The van der Waals surface area contributed by atoms with Gasteiger partial charge in [0.15, 0.2) is 0 Å². The van der Waals surface area contributed by atoms with E-state index < -0.39 is 5.41 Å². The second-order valence-corrected chi connectivity index (χ2v) is 3.50. The fourth-order valence-electron chi connectivity index (χ4n) is 1.65. The average molecular weight is 189 g/mol. The molecular weight excluding hydrogens is 178 g/mol. The maximum Gasteiger partial charge on any atom is 0.139 e. The van der Waals surface area contributed by atoms with Gasteiger partial charge in [-0.05, 0) is 5.56 Å². The summed E-state index contributed by atoms with van der Waals surface area (Å²) in [4.78, 5) is 22.1. The summed E-state index contributed by atoms with van der Waals surface area (Å²) in [5.41, 5.74) is -0.221. The highest BCUT2D eigenvalue weighted by Gasteiger charge is 2.46. The van der Waals surface area contributed by atoms with E-state index in [0.717, 1.165) is 24.7 Å². The van der Waals surface area contributed by atoms with Crippen molar-refractivity contribution in [1.29, 1.82) is 0 Å². The van der Waals surface area contributed by atoms with Crippen molar-refractivity contribution in [2.45, 2.75) is 11.5 Å². The molecule has 1 aromatic carbocycles. The van der Waals surface area contributed by atoms with Crippen molar-refractivity contribution in [3.05, 3.63) is 35.9 Å². The summed E-state index contributed by atoms with van der Waals surface area (Å²) in [6.07, 6.45) is 1.47. The van der Waals surface area contributed by atoms with Crippen molar-refractivity contribution >= 4 is 12.6 Å². The minimum Gasteiger partial charge on any atom is -0.309 e. The quantitative estimate of drug-likeness (QED) is 0.421. The molecule has 0 aliphatic carbocycles. The molecule has 1 aliphatic heterocycles. The Labute approximate surface area is 82.1 Å². The first-order valence-electron chi connectivity index (χ1n) is 4.55. The lowest BCUT2D eigenvalue weighted by Crippen LogP contribution is -2.37. The Morgan fingerprint density at radius 2 is 1.79 bits per heavy atom. The zero-order chi connectivity index (χ0) is 10.0. The molecule has 14 heavy (non-hydrogen) atoms. The van der Waals surface area contributed by atoms with Crippen LogP contribution in [0.3, 0.4) is 0 Å². The van der Waals surface area contributed by atoms with Gasteiger partial charge in [0, 0.05) is 12.6 Å². The lowest BCUT2D eigenvalue weighted by Gasteiger charge is -2.20. The summed E-state index contributed by atoms with van der Waals surface area (Å²) in [7, 11) is 0. The van der Waals surface area contributed by atoms with Crippen molar-refractivity contribution in [2.24, 2.45) is 0 Å². The van der Waals surface area contributed by atoms with Gasteiger partial charge in [-0.2, -0.15) is 0 Å². The molecule has 2 rings (SSSR count). The normalized spacial score (nSPS) is 20.1. The predicted molar refractivity (Wildman–Crippen MR) is 52.0 cm³/mol. The van der Waals surface area contributed by atoms with Gasteiger partial charge in [0.05, 0.1) is 0 Å². The lowest BCUT2D eigenvalue weighted by atomic mass is 9.80. The molecule has 1 N–H and O–H groups in total. The van der Waals surface area contributed by atoms with Gasteiger partial charge in [0.25, 0.3) is 0 Å². The molecule has 0 spiro atoms. The third kappa shape index (κ3) is 1.26. The topological polar surface area (TPSA) is 56.1 Å². The van der Waals surface area contributed by atoms with Crippen LogP contribution in [0.15, 0.2) is 30.3 Å². The molecule has 0 radical (unpaired) electrons. The van der Waals surface area contributed by atoms with Gasteiger partial charge in [0.1, 0.15) is 18.0 Å². The van der Waals surface area contributed by atoms with Crippen LogP contribution >= 0.6 is 0 Å². The van der Waals surface area contributed by atoms with Crippen LogP contribution in [-0.2, 0) is 15.0 Å². The van der Waals surface area contributed by atoms with Crippen LogP contribution in [0.2, 0.25) is 0 Å². The molecule has 3 heteroatoms. The standard InChI is InChI=1S/C11H11NO2/c13-7-11(8-14,10-6-12-10)9-4-2-1-3-5-9/h1-5,7-8,10,12H,6H2. The third-order valence-corrected chi connectivity index (χ3v) is 2.65. The van der Waals surface area contributed by atoms with Crippen molar-refractivity contribution in [3.8, 4) is 0 Å². The van der Waals surface area contributed by atoms with E-state index in [4.69, 9.17) is 0 Å². The molecule has 3 nitrogen and oxygen atoms in total. The van der Waals surface area contributed by atoms with Gasteiger partial charge in [-0.25, -0.2) is 0 Å². The Morgan fingerprint density at radius 1 is 1.21 bits per heavy atom. The number of aldehydes is 2. The van der Waals surface area contributed by atoms with Gasteiger partial charge in [-0.3, -0.25) is 0 Å². The Balaban J connectivity index is 2.44. The zero-order valence-electron chi connectivity index (χ0n) is 7.64. The fraction of sp³-hybridized carbons (Fsp3) is 0.273. The van der Waals surface area contributed by atoms with E-state index in [-0.39, 0.29) is 6.04 Å². The highest BCUT2D eigenvalue weighted by molar-refractivity contribution is 5.93. The summed E-state index contributed by atoms with van der Waals surface area (Å²) in [6.45, 7) is 0.729. The van der Waals surface area contributed by atoms with E-state index in [9.17, 15) is 9.59 Å². The van der Waals surface area contributed by atoms with Gasteiger partial charge < -0.3 is 14.9 Å². The molecule has 0 aromatic heterocycles. The molecule has 72 valence electrons. The van der Waals surface area contributed by atoms with E-state index in [2.05, 4.69) is 5.32 Å². The minimum atomic E-state index is -0.985. The minimum absolute atomic E-state index is 0.0279. The largest absolute Gasteiger partial charge is 0.309 e. The lowest BCUT2D eigenvalue weighted by molar-refractivity contribution is -0.121. The smallest absolute Gasteiger partial charge is 0.139 e. The Bertz CT molecular complexity index is 336. The first kappa shape index (κ1) is 9.09. The van der Waals surface area contributed by atoms with Gasteiger partial charge in [-0.15, -0.1) is 0 Å². The van der Waals surface area contributed by atoms with E-state index in [1.807, 2.05) is 30.3 Å². The molecule has 0 bridgehead atoms. The Kier molecular flexibility index (Phi) is 2.17. The van der Waals surface area contributed by atoms with Crippen LogP contribution in [0.5, 0.6) is 0 Å². The molecule has 1 fully saturated rings. The third-order valence-electron chi connectivity index (χ3n) is 2.65. The number of rotatable bonds is 4. The number of benzene rings is 1. The van der Waals surface area contributed by atoms with Crippen LogP contribution in [0, 0.1) is 0 Å². The average Bonchev–Trinajstić information content (AvgIpc) is 3.07. The van der Waals surface area contributed by atoms with Crippen LogP contribution in [0.25, 0.3) is 0 Å². The number of hydrogen-bond donors (Lipinski definition) is 1. The summed E-state index contributed by atoms with van der Waals surface area (Å²) in [5.74, 6) is 0. The van der Waals surface area contributed by atoms with Crippen LogP contribution in [0.1, 0.15) is 5.56 Å². The van der Waals surface area contributed by atoms with E-state index >= 15 is 0 Å². The monoisotopic (exact) mass is 189 g/mol. The Hall–Kier alpha value is -1.48. The molecule has 1 aromatic rings. The first-order valence-corrected chi connectivity index (χ1v) is 4.55. The summed E-state index contributed by atoms with van der Waals surface area (Å²) < 4.78 is 0.